The van der Waals surface area contributed by atoms with Gasteiger partial charge in [0.15, 0.2) is 0 Å². The van der Waals surface area contributed by atoms with Gasteiger partial charge >= 0.3 is 0 Å². The van der Waals surface area contributed by atoms with E-state index in [1.807, 2.05) is 13.0 Å². The van der Waals surface area contributed by atoms with Crippen LogP contribution in [0, 0.1) is 6.92 Å². The lowest BCUT2D eigenvalue weighted by Gasteiger charge is -2.02. The number of hydrogen-bond donors (Lipinski definition) is 0. The molecule has 1 heterocycles. The fourth-order valence-corrected chi connectivity index (χ4v) is 1.82. The summed E-state index contributed by atoms with van der Waals surface area (Å²) in [6.07, 6.45) is 5.61. The van der Waals surface area contributed by atoms with Crippen LogP contribution in [0.4, 0.5) is 0 Å². The van der Waals surface area contributed by atoms with Crippen molar-refractivity contribution in [1.82, 2.24) is 4.98 Å². The number of aromatic nitrogens is 1. The van der Waals surface area contributed by atoms with Crippen LogP contribution in [0.15, 0.2) is 23.7 Å². The number of unbranched alkanes of at least 4 members (excludes halogenated alkanes) is 1. The monoisotopic (exact) mass is 256 g/mol. The van der Waals surface area contributed by atoms with Crippen molar-refractivity contribution in [3.8, 4) is 0 Å². The minimum Gasteiger partial charge on any atom is -0.292 e. The predicted molar refractivity (Wildman–Crippen MR) is 70.9 cm³/mol. The zero-order valence-corrected chi connectivity index (χ0v) is 10.7. The van der Waals surface area contributed by atoms with Gasteiger partial charge in [-0.1, -0.05) is 29.3 Å². The summed E-state index contributed by atoms with van der Waals surface area (Å²) >= 11 is 11.7. The van der Waals surface area contributed by atoms with E-state index in [1.54, 1.807) is 12.3 Å². The Kier molecular flexibility index (Phi) is 5.50. The highest BCUT2D eigenvalue weighted by molar-refractivity contribution is 6.34. The first-order valence-corrected chi connectivity index (χ1v) is 5.84. The molecular formula is C12H14Cl2N2. The molecule has 0 radical (unpaired) electrons. The maximum atomic E-state index is 5.97. The average molecular weight is 257 g/mol. The molecule has 0 bridgehead atoms. The molecule has 0 aromatic carbocycles. The number of pyridine rings is 1. The largest absolute Gasteiger partial charge is 0.292 e. The first-order valence-electron chi connectivity index (χ1n) is 5.08. The van der Waals surface area contributed by atoms with Crippen LogP contribution in [0.5, 0.6) is 0 Å². The van der Waals surface area contributed by atoms with Gasteiger partial charge in [0.2, 0.25) is 0 Å². The van der Waals surface area contributed by atoms with Crippen LogP contribution in [0.25, 0.3) is 0 Å². The Morgan fingerprint density at radius 1 is 1.50 bits per heavy atom. The molecule has 0 aliphatic rings. The summed E-state index contributed by atoms with van der Waals surface area (Å²) in [6.45, 7) is 6.36. The molecule has 4 heteroatoms. The maximum Gasteiger partial charge on any atom is 0.139 e. The Labute approximate surface area is 106 Å². The standard InChI is InChI=1S/C12H14Cl2N2/c1-3-4-5-6-15-8-10-9(2)7-11(13)16-12(10)14/h3,7-8H,1,4-6H2,2H3. The smallest absolute Gasteiger partial charge is 0.139 e. The number of hydrogen-bond acceptors (Lipinski definition) is 2. The number of aliphatic imine (C=N–C) groups is 1. The molecule has 86 valence electrons. The average Bonchev–Trinajstić information content (AvgIpc) is 2.20. The first-order chi connectivity index (χ1) is 7.65. The fraction of sp³-hybridized carbons (Fsp3) is 0.333. The van der Waals surface area contributed by atoms with Crippen LogP contribution < -0.4 is 0 Å². The van der Waals surface area contributed by atoms with Gasteiger partial charge in [0, 0.05) is 18.3 Å². The Morgan fingerprint density at radius 3 is 2.88 bits per heavy atom. The van der Waals surface area contributed by atoms with Crippen LogP contribution in [0.3, 0.4) is 0 Å². The maximum absolute atomic E-state index is 5.97. The van der Waals surface area contributed by atoms with Crippen molar-refractivity contribution in [2.75, 3.05) is 6.54 Å². The van der Waals surface area contributed by atoms with Crippen LogP contribution in [0.1, 0.15) is 24.0 Å². The van der Waals surface area contributed by atoms with E-state index >= 15 is 0 Å². The summed E-state index contributed by atoms with van der Waals surface area (Å²) in [5.41, 5.74) is 1.82. The molecule has 1 rings (SSSR count). The second-order valence-corrected chi connectivity index (χ2v) is 4.18. The molecule has 0 amide bonds. The summed E-state index contributed by atoms with van der Waals surface area (Å²) in [6, 6.07) is 1.78. The van der Waals surface area contributed by atoms with Crippen LogP contribution in [-0.2, 0) is 0 Å². The number of nitrogens with zero attached hydrogens (tertiary/aromatic N) is 2. The molecule has 0 N–H and O–H groups in total. The molecular weight excluding hydrogens is 243 g/mol. The predicted octanol–water partition coefficient (Wildman–Crippen LogP) is 4.08. The van der Waals surface area contributed by atoms with E-state index in [4.69, 9.17) is 23.2 Å². The molecule has 0 spiro atoms. The van der Waals surface area contributed by atoms with Gasteiger partial charge in [0.25, 0.3) is 0 Å². The zero-order chi connectivity index (χ0) is 12.0. The molecule has 0 fully saturated rings. The van der Waals surface area contributed by atoms with E-state index in [-0.39, 0.29) is 0 Å². The molecule has 0 unspecified atom stereocenters. The van der Waals surface area contributed by atoms with Crippen LogP contribution >= 0.6 is 23.2 Å². The molecule has 0 atom stereocenters. The van der Waals surface area contributed by atoms with Crippen molar-refractivity contribution in [2.24, 2.45) is 4.99 Å². The molecule has 16 heavy (non-hydrogen) atoms. The lowest BCUT2D eigenvalue weighted by Crippen LogP contribution is -1.93. The second-order valence-electron chi connectivity index (χ2n) is 3.43. The molecule has 2 nitrogen and oxygen atoms in total. The van der Waals surface area contributed by atoms with E-state index < -0.39 is 0 Å². The van der Waals surface area contributed by atoms with Gasteiger partial charge in [-0.15, -0.1) is 6.58 Å². The van der Waals surface area contributed by atoms with E-state index in [9.17, 15) is 0 Å². The van der Waals surface area contributed by atoms with E-state index in [2.05, 4.69) is 16.6 Å². The minimum absolute atomic E-state index is 0.400. The van der Waals surface area contributed by atoms with E-state index in [1.165, 1.54) is 0 Å². The van der Waals surface area contributed by atoms with E-state index in [0.29, 0.717) is 10.3 Å². The van der Waals surface area contributed by atoms with Crippen molar-refractivity contribution in [2.45, 2.75) is 19.8 Å². The van der Waals surface area contributed by atoms with Crippen molar-refractivity contribution in [1.29, 1.82) is 0 Å². The van der Waals surface area contributed by atoms with Crippen molar-refractivity contribution in [3.63, 3.8) is 0 Å². The van der Waals surface area contributed by atoms with Crippen molar-refractivity contribution < 1.29 is 0 Å². The summed E-state index contributed by atoms with van der Waals surface area (Å²) in [4.78, 5) is 8.26. The fourth-order valence-electron chi connectivity index (χ4n) is 1.24. The van der Waals surface area contributed by atoms with Gasteiger partial charge in [-0.3, -0.25) is 4.99 Å². The van der Waals surface area contributed by atoms with Crippen LogP contribution in [0.2, 0.25) is 10.3 Å². The SMILES string of the molecule is C=CCCCN=Cc1c(C)cc(Cl)nc1Cl. The zero-order valence-electron chi connectivity index (χ0n) is 9.21. The lowest BCUT2D eigenvalue weighted by molar-refractivity contribution is 0.860. The number of allylic oxidation sites excluding steroid dienone is 1. The quantitative estimate of drug-likeness (QED) is 0.337. The number of rotatable bonds is 5. The third-order valence-electron chi connectivity index (χ3n) is 2.10. The van der Waals surface area contributed by atoms with Gasteiger partial charge < -0.3 is 0 Å². The number of halogens is 2. The first kappa shape index (κ1) is 13.2. The summed E-state index contributed by atoms with van der Waals surface area (Å²) in [5, 5.41) is 0.809. The minimum atomic E-state index is 0.400. The Bertz CT molecular complexity index is 377. The Morgan fingerprint density at radius 2 is 2.25 bits per heavy atom. The van der Waals surface area contributed by atoms with E-state index in [0.717, 1.165) is 30.5 Å². The topological polar surface area (TPSA) is 25.2 Å². The molecule has 0 saturated heterocycles. The Balaban J connectivity index is 2.69. The third-order valence-corrected chi connectivity index (χ3v) is 2.59. The third kappa shape index (κ3) is 3.95. The molecule has 1 aromatic heterocycles. The molecule has 1 aromatic rings. The summed E-state index contributed by atoms with van der Waals surface area (Å²) in [7, 11) is 0. The van der Waals surface area contributed by atoms with Gasteiger partial charge in [-0.2, -0.15) is 0 Å². The molecule has 0 saturated carbocycles. The van der Waals surface area contributed by atoms with Gasteiger partial charge in [-0.05, 0) is 31.4 Å². The van der Waals surface area contributed by atoms with Gasteiger partial charge in [0.1, 0.15) is 10.3 Å². The van der Waals surface area contributed by atoms with Gasteiger partial charge in [-0.25, -0.2) is 4.98 Å². The highest BCUT2D eigenvalue weighted by atomic mass is 35.5. The van der Waals surface area contributed by atoms with Crippen LogP contribution in [-0.4, -0.2) is 17.7 Å². The molecule has 0 aliphatic carbocycles. The van der Waals surface area contributed by atoms with Crippen molar-refractivity contribution >= 4 is 29.4 Å². The highest BCUT2D eigenvalue weighted by Gasteiger charge is 2.04. The number of aryl methyl sites for hydroxylation is 1. The van der Waals surface area contributed by atoms with Crippen molar-refractivity contribution in [3.05, 3.63) is 40.2 Å². The summed E-state index contributed by atoms with van der Waals surface area (Å²) < 4.78 is 0. The lowest BCUT2D eigenvalue weighted by atomic mass is 10.2. The Hall–Kier alpha value is -0.860. The second kappa shape index (κ2) is 6.66. The highest BCUT2D eigenvalue weighted by Crippen LogP contribution is 2.19. The summed E-state index contributed by atoms with van der Waals surface area (Å²) in [5.74, 6) is 0. The normalized spacial score (nSPS) is 10.9. The van der Waals surface area contributed by atoms with Gasteiger partial charge in [0.05, 0.1) is 0 Å². The molecule has 0 aliphatic heterocycles.